The van der Waals surface area contributed by atoms with Crippen molar-refractivity contribution in [3.8, 4) is 0 Å². The van der Waals surface area contributed by atoms with Crippen LogP contribution in [-0.4, -0.2) is 42.5 Å². The lowest BCUT2D eigenvalue weighted by Gasteiger charge is -2.32. The Morgan fingerprint density at radius 3 is 2.71 bits per heavy atom. The number of halogens is 1. The Balaban J connectivity index is 2.05. The van der Waals surface area contributed by atoms with E-state index in [1.165, 1.54) is 12.8 Å². The standard InChI is InChI=1S/C12H19BrN4/c1-16(2)12-14-6-3-11(15-12)17-7-4-10(9-13)5-8-17/h3,6,10H,4-5,7-9H2,1-2H3. The van der Waals surface area contributed by atoms with Crippen molar-refractivity contribution in [2.75, 3.05) is 42.3 Å². The van der Waals surface area contributed by atoms with E-state index in [0.29, 0.717) is 0 Å². The van der Waals surface area contributed by atoms with Crippen LogP contribution in [0.4, 0.5) is 11.8 Å². The second-order valence-electron chi connectivity index (χ2n) is 4.69. The molecule has 1 aromatic rings. The van der Waals surface area contributed by atoms with Gasteiger partial charge in [0.2, 0.25) is 5.95 Å². The summed E-state index contributed by atoms with van der Waals surface area (Å²) in [6, 6.07) is 2.00. The summed E-state index contributed by atoms with van der Waals surface area (Å²) in [6.07, 6.45) is 4.33. The number of hydrogen-bond donors (Lipinski definition) is 0. The van der Waals surface area contributed by atoms with Crippen LogP contribution in [-0.2, 0) is 0 Å². The third-order valence-corrected chi connectivity index (χ3v) is 4.10. The number of alkyl halides is 1. The van der Waals surface area contributed by atoms with E-state index in [1.807, 2.05) is 31.3 Å². The minimum absolute atomic E-state index is 0.783. The molecule has 4 nitrogen and oxygen atoms in total. The van der Waals surface area contributed by atoms with Gasteiger partial charge in [-0.05, 0) is 24.8 Å². The van der Waals surface area contributed by atoms with Gasteiger partial charge in [-0.1, -0.05) is 15.9 Å². The second kappa shape index (κ2) is 5.67. The maximum Gasteiger partial charge on any atom is 0.226 e. The predicted octanol–water partition coefficient (Wildman–Crippen LogP) is 2.15. The van der Waals surface area contributed by atoms with Gasteiger partial charge >= 0.3 is 0 Å². The van der Waals surface area contributed by atoms with Gasteiger partial charge in [0, 0.05) is 38.7 Å². The summed E-state index contributed by atoms with van der Waals surface area (Å²) in [4.78, 5) is 13.1. The van der Waals surface area contributed by atoms with Crippen LogP contribution in [0.25, 0.3) is 0 Å². The van der Waals surface area contributed by atoms with Crippen LogP contribution in [0.2, 0.25) is 0 Å². The SMILES string of the molecule is CN(C)c1nccc(N2CCC(CBr)CC2)n1. The van der Waals surface area contributed by atoms with Gasteiger partial charge in [0.1, 0.15) is 5.82 Å². The fourth-order valence-electron chi connectivity index (χ4n) is 2.05. The zero-order valence-electron chi connectivity index (χ0n) is 10.4. The largest absolute Gasteiger partial charge is 0.356 e. The van der Waals surface area contributed by atoms with Crippen molar-refractivity contribution >= 4 is 27.7 Å². The van der Waals surface area contributed by atoms with Crippen molar-refractivity contribution in [1.82, 2.24) is 9.97 Å². The van der Waals surface area contributed by atoms with Gasteiger partial charge in [0.25, 0.3) is 0 Å². The lowest BCUT2D eigenvalue weighted by Crippen LogP contribution is -2.35. The molecule has 1 saturated heterocycles. The Bertz CT molecular complexity index is 361. The Kier molecular flexibility index (Phi) is 4.20. The summed E-state index contributed by atoms with van der Waals surface area (Å²) >= 11 is 3.57. The van der Waals surface area contributed by atoms with Gasteiger partial charge in [0.05, 0.1) is 0 Å². The summed E-state index contributed by atoms with van der Waals surface area (Å²) in [6.45, 7) is 2.19. The number of anilines is 2. The first kappa shape index (κ1) is 12.6. The average molecular weight is 299 g/mol. The molecule has 2 rings (SSSR count). The average Bonchev–Trinajstić information content (AvgIpc) is 2.39. The molecule has 0 atom stereocenters. The third-order valence-electron chi connectivity index (χ3n) is 3.18. The molecule has 1 aromatic heterocycles. The molecule has 1 aliphatic heterocycles. The lowest BCUT2D eigenvalue weighted by molar-refractivity contribution is 0.445. The molecule has 0 radical (unpaired) electrons. The van der Waals surface area contributed by atoms with Crippen LogP contribution in [0, 0.1) is 5.92 Å². The molecule has 0 bridgehead atoms. The van der Waals surface area contributed by atoms with Gasteiger partial charge in [-0.25, -0.2) is 4.98 Å². The zero-order chi connectivity index (χ0) is 12.3. The number of rotatable bonds is 3. The number of aromatic nitrogens is 2. The number of nitrogens with zero attached hydrogens (tertiary/aromatic N) is 4. The van der Waals surface area contributed by atoms with E-state index in [1.54, 1.807) is 0 Å². The molecule has 1 aliphatic rings. The number of piperidine rings is 1. The highest BCUT2D eigenvalue weighted by Gasteiger charge is 2.19. The van der Waals surface area contributed by atoms with E-state index in [-0.39, 0.29) is 0 Å². The van der Waals surface area contributed by atoms with Crippen molar-refractivity contribution in [3.63, 3.8) is 0 Å². The van der Waals surface area contributed by atoms with Crippen molar-refractivity contribution < 1.29 is 0 Å². The van der Waals surface area contributed by atoms with E-state index in [9.17, 15) is 0 Å². The molecular weight excluding hydrogens is 280 g/mol. The lowest BCUT2D eigenvalue weighted by atomic mass is 9.99. The maximum atomic E-state index is 4.58. The van der Waals surface area contributed by atoms with E-state index in [0.717, 1.165) is 36.1 Å². The van der Waals surface area contributed by atoms with Crippen molar-refractivity contribution in [2.45, 2.75) is 12.8 Å². The molecule has 94 valence electrons. The van der Waals surface area contributed by atoms with Gasteiger partial charge < -0.3 is 9.80 Å². The molecule has 0 unspecified atom stereocenters. The molecular formula is C12H19BrN4. The fourth-order valence-corrected chi connectivity index (χ4v) is 2.69. The molecule has 1 fully saturated rings. The molecule has 2 heterocycles. The van der Waals surface area contributed by atoms with Crippen LogP contribution in [0.3, 0.4) is 0 Å². The van der Waals surface area contributed by atoms with E-state index >= 15 is 0 Å². The maximum absolute atomic E-state index is 4.58. The third kappa shape index (κ3) is 3.09. The first-order chi connectivity index (χ1) is 8.20. The first-order valence-electron chi connectivity index (χ1n) is 6.02. The highest BCUT2D eigenvalue weighted by Crippen LogP contribution is 2.23. The van der Waals surface area contributed by atoms with Crippen LogP contribution in [0.5, 0.6) is 0 Å². The van der Waals surface area contributed by atoms with Gasteiger partial charge in [-0.15, -0.1) is 0 Å². The van der Waals surface area contributed by atoms with Gasteiger partial charge in [-0.3, -0.25) is 0 Å². The quantitative estimate of drug-likeness (QED) is 0.801. The van der Waals surface area contributed by atoms with Gasteiger partial charge in [0.15, 0.2) is 0 Å². The highest BCUT2D eigenvalue weighted by atomic mass is 79.9. The fraction of sp³-hybridized carbons (Fsp3) is 0.667. The molecule has 0 saturated carbocycles. The smallest absolute Gasteiger partial charge is 0.226 e. The van der Waals surface area contributed by atoms with E-state index < -0.39 is 0 Å². The molecule has 5 heteroatoms. The van der Waals surface area contributed by atoms with Crippen molar-refractivity contribution in [1.29, 1.82) is 0 Å². The van der Waals surface area contributed by atoms with E-state index in [4.69, 9.17) is 0 Å². The van der Waals surface area contributed by atoms with E-state index in [2.05, 4.69) is 30.8 Å². The normalized spacial score (nSPS) is 17.2. The Labute approximate surface area is 111 Å². The summed E-state index contributed by atoms with van der Waals surface area (Å²) in [5.74, 6) is 2.66. The van der Waals surface area contributed by atoms with Crippen LogP contribution in [0.1, 0.15) is 12.8 Å². The number of hydrogen-bond acceptors (Lipinski definition) is 4. The van der Waals surface area contributed by atoms with Crippen LogP contribution in [0.15, 0.2) is 12.3 Å². The zero-order valence-corrected chi connectivity index (χ0v) is 12.0. The van der Waals surface area contributed by atoms with Crippen molar-refractivity contribution in [2.24, 2.45) is 5.92 Å². The molecule has 0 N–H and O–H groups in total. The Hall–Kier alpha value is -0.840. The Morgan fingerprint density at radius 2 is 2.12 bits per heavy atom. The molecule has 0 aliphatic carbocycles. The van der Waals surface area contributed by atoms with Crippen molar-refractivity contribution in [3.05, 3.63) is 12.3 Å². The second-order valence-corrected chi connectivity index (χ2v) is 5.34. The van der Waals surface area contributed by atoms with Crippen LogP contribution < -0.4 is 9.80 Å². The minimum Gasteiger partial charge on any atom is -0.356 e. The highest BCUT2D eigenvalue weighted by molar-refractivity contribution is 9.09. The first-order valence-corrected chi connectivity index (χ1v) is 7.14. The van der Waals surface area contributed by atoms with Crippen LogP contribution >= 0.6 is 15.9 Å². The summed E-state index contributed by atoms with van der Waals surface area (Å²) in [5.41, 5.74) is 0. The van der Waals surface area contributed by atoms with Gasteiger partial charge in [-0.2, -0.15) is 4.98 Å². The summed E-state index contributed by atoms with van der Waals surface area (Å²) < 4.78 is 0. The summed E-state index contributed by atoms with van der Waals surface area (Å²) in [5, 5.41) is 1.12. The molecule has 0 aromatic carbocycles. The monoisotopic (exact) mass is 298 g/mol. The molecule has 0 amide bonds. The minimum atomic E-state index is 0.783. The topological polar surface area (TPSA) is 32.3 Å². The molecule has 17 heavy (non-hydrogen) atoms. The summed E-state index contributed by atoms with van der Waals surface area (Å²) in [7, 11) is 3.94. The Morgan fingerprint density at radius 1 is 1.41 bits per heavy atom. The predicted molar refractivity (Wildman–Crippen MR) is 75.1 cm³/mol. The molecule has 0 spiro atoms.